The Bertz CT molecular complexity index is 239. The van der Waals surface area contributed by atoms with Gasteiger partial charge < -0.3 is 15.7 Å². The predicted molar refractivity (Wildman–Crippen MR) is 59.3 cm³/mol. The van der Waals surface area contributed by atoms with Crippen molar-refractivity contribution in [3.05, 3.63) is 0 Å². The van der Waals surface area contributed by atoms with Gasteiger partial charge in [0.2, 0.25) is 5.91 Å². The quantitative estimate of drug-likeness (QED) is 0.718. The first-order chi connectivity index (χ1) is 6.75. The summed E-state index contributed by atoms with van der Waals surface area (Å²) in [6, 6.07) is 0. The lowest BCUT2D eigenvalue weighted by Gasteiger charge is -2.32. The first-order valence-corrected chi connectivity index (χ1v) is 5.51. The molecule has 0 bridgehead atoms. The van der Waals surface area contributed by atoms with E-state index in [1.54, 1.807) is 25.8 Å². The van der Waals surface area contributed by atoms with Crippen LogP contribution in [0.15, 0.2) is 0 Å². The second-order valence-electron chi connectivity index (χ2n) is 5.31. The van der Waals surface area contributed by atoms with Crippen LogP contribution in [0.2, 0.25) is 0 Å². The van der Waals surface area contributed by atoms with Gasteiger partial charge in [0.15, 0.2) is 0 Å². The summed E-state index contributed by atoms with van der Waals surface area (Å²) in [4.78, 5) is 13.3. The van der Waals surface area contributed by atoms with E-state index < -0.39 is 11.1 Å². The van der Waals surface area contributed by atoms with E-state index in [2.05, 4.69) is 0 Å². The maximum Gasteiger partial charge on any atom is 0.241 e. The van der Waals surface area contributed by atoms with E-state index in [-0.39, 0.29) is 5.91 Å². The van der Waals surface area contributed by atoms with Crippen LogP contribution in [-0.4, -0.2) is 40.6 Å². The maximum absolute atomic E-state index is 11.8. The number of hydrogen-bond acceptors (Lipinski definition) is 3. The Morgan fingerprint density at radius 1 is 1.47 bits per heavy atom. The highest BCUT2D eigenvalue weighted by Crippen LogP contribution is 2.30. The van der Waals surface area contributed by atoms with Crippen molar-refractivity contribution in [1.29, 1.82) is 0 Å². The minimum atomic E-state index is -0.857. The molecule has 0 atom stereocenters. The topological polar surface area (TPSA) is 66.6 Å². The number of nitrogens with zero attached hydrogens (tertiary/aromatic N) is 1. The number of rotatable bonds is 3. The zero-order chi connectivity index (χ0) is 11.7. The molecule has 0 heterocycles. The smallest absolute Gasteiger partial charge is 0.241 e. The average molecular weight is 214 g/mol. The highest BCUT2D eigenvalue weighted by molar-refractivity contribution is 5.85. The number of hydrogen-bond donors (Lipinski definition) is 2. The second kappa shape index (κ2) is 4.10. The second-order valence-corrected chi connectivity index (χ2v) is 5.31. The molecule has 1 aliphatic carbocycles. The normalized spacial score (nSPS) is 20.3. The summed E-state index contributed by atoms with van der Waals surface area (Å²) in [5.41, 5.74) is 4.18. The fourth-order valence-corrected chi connectivity index (χ4v) is 2.20. The molecule has 0 aromatic rings. The number of amides is 1. The summed E-state index contributed by atoms with van der Waals surface area (Å²) >= 11 is 0. The van der Waals surface area contributed by atoms with Gasteiger partial charge in [-0.05, 0) is 26.7 Å². The lowest BCUT2D eigenvalue weighted by Crippen LogP contribution is -2.53. The van der Waals surface area contributed by atoms with Crippen molar-refractivity contribution >= 4 is 5.91 Å². The van der Waals surface area contributed by atoms with Crippen molar-refractivity contribution in [2.24, 2.45) is 5.73 Å². The van der Waals surface area contributed by atoms with E-state index in [0.29, 0.717) is 6.54 Å². The van der Waals surface area contributed by atoms with Crippen molar-refractivity contribution in [3.8, 4) is 0 Å². The van der Waals surface area contributed by atoms with E-state index in [1.165, 1.54) is 0 Å². The van der Waals surface area contributed by atoms with Crippen LogP contribution in [0.25, 0.3) is 0 Å². The highest BCUT2D eigenvalue weighted by Gasteiger charge is 2.35. The molecule has 3 N–H and O–H groups in total. The van der Waals surface area contributed by atoms with E-state index in [1.807, 2.05) is 0 Å². The van der Waals surface area contributed by atoms with Crippen LogP contribution in [0.5, 0.6) is 0 Å². The molecule has 88 valence electrons. The summed E-state index contributed by atoms with van der Waals surface area (Å²) in [5.74, 6) is -0.122. The summed E-state index contributed by atoms with van der Waals surface area (Å²) < 4.78 is 0. The summed E-state index contributed by atoms with van der Waals surface area (Å²) in [6.07, 6.45) is 3.67. The minimum absolute atomic E-state index is 0.122. The monoisotopic (exact) mass is 214 g/mol. The van der Waals surface area contributed by atoms with Crippen LogP contribution < -0.4 is 5.73 Å². The number of nitrogens with two attached hydrogens (primary N) is 1. The fourth-order valence-electron chi connectivity index (χ4n) is 2.20. The molecular weight excluding hydrogens is 192 g/mol. The Labute approximate surface area is 91.4 Å². The Morgan fingerprint density at radius 2 is 1.93 bits per heavy atom. The largest absolute Gasteiger partial charge is 0.388 e. The summed E-state index contributed by atoms with van der Waals surface area (Å²) in [5, 5.41) is 10.1. The van der Waals surface area contributed by atoms with Gasteiger partial charge in [0.1, 0.15) is 0 Å². The molecular formula is C11H22N2O2. The molecule has 1 aliphatic rings. The van der Waals surface area contributed by atoms with Gasteiger partial charge in [0, 0.05) is 13.6 Å². The molecule has 0 saturated heterocycles. The zero-order valence-corrected chi connectivity index (χ0v) is 9.92. The molecule has 4 heteroatoms. The molecule has 0 aliphatic heterocycles. The molecule has 15 heavy (non-hydrogen) atoms. The number of likely N-dealkylation sites (N-methyl/N-ethyl adjacent to an activating group) is 1. The van der Waals surface area contributed by atoms with Crippen LogP contribution in [0.1, 0.15) is 39.5 Å². The van der Waals surface area contributed by atoms with Crippen molar-refractivity contribution in [2.45, 2.75) is 50.7 Å². The summed E-state index contributed by atoms with van der Waals surface area (Å²) in [6.45, 7) is 3.77. The van der Waals surface area contributed by atoms with Crippen molar-refractivity contribution in [2.75, 3.05) is 13.6 Å². The van der Waals surface area contributed by atoms with E-state index in [0.717, 1.165) is 25.7 Å². The molecule has 1 fully saturated rings. The van der Waals surface area contributed by atoms with E-state index in [9.17, 15) is 9.90 Å². The van der Waals surface area contributed by atoms with Gasteiger partial charge in [-0.25, -0.2) is 0 Å². The Balaban J connectivity index is 2.55. The molecule has 0 aromatic heterocycles. The van der Waals surface area contributed by atoms with Crippen LogP contribution in [0.3, 0.4) is 0 Å². The third kappa shape index (κ3) is 3.18. The van der Waals surface area contributed by atoms with Crippen LogP contribution in [0, 0.1) is 0 Å². The van der Waals surface area contributed by atoms with Gasteiger partial charge in [-0.15, -0.1) is 0 Å². The Kier molecular flexibility index (Phi) is 3.41. The lowest BCUT2D eigenvalue weighted by molar-refractivity contribution is -0.137. The maximum atomic E-state index is 11.8. The van der Waals surface area contributed by atoms with Gasteiger partial charge in [0.05, 0.1) is 11.1 Å². The molecule has 0 spiro atoms. The third-order valence-corrected chi connectivity index (χ3v) is 2.96. The first kappa shape index (κ1) is 12.5. The highest BCUT2D eigenvalue weighted by atomic mass is 16.3. The Morgan fingerprint density at radius 3 is 2.33 bits per heavy atom. The molecule has 0 radical (unpaired) electrons. The van der Waals surface area contributed by atoms with Crippen LogP contribution in [0.4, 0.5) is 0 Å². The van der Waals surface area contributed by atoms with Crippen molar-refractivity contribution in [3.63, 3.8) is 0 Å². The molecule has 1 rings (SSSR count). The molecule has 0 unspecified atom stereocenters. The molecule has 1 amide bonds. The van der Waals surface area contributed by atoms with Gasteiger partial charge in [0.25, 0.3) is 0 Å². The van der Waals surface area contributed by atoms with Gasteiger partial charge >= 0.3 is 0 Å². The van der Waals surface area contributed by atoms with Crippen LogP contribution in [-0.2, 0) is 4.79 Å². The van der Waals surface area contributed by atoms with Gasteiger partial charge in [-0.3, -0.25) is 4.79 Å². The zero-order valence-electron chi connectivity index (χ0n) is 9.92. The van der Waals surface area contributed by atoms with Crippen molar-refractivity contribution < 1.29 is 9.90 Å². The van der Waals surface area contributed by atoms with E-state index >= 15 is 0 Å². The Hall–Kier alpha value is -0.610. The number of carbonyl (C=O) groups excluding carboxylic acids is 1. The minimum Gasteiger partial charge on any atom is -0.388 e. The lowest BCUT2D eigenvalue weighted by atomic mass is 10.00. The van der Waals surface area contributed by atoms with Gasteiger partial charge in [-0.1, -0.05) is 12.8 Å². The number of aliphatic hydroxyl groups is 1. The fraction of sp³-hybridized carbons (Fsp3) is 0.909. The van der Waals surface area contributed by atoms with Gasteiger partial charge in [-0.2, -0.15) is 0 Å². The molecule has 4 nitrogen and oxygen atoms in total. The molecule has 1 saturated carbocycles. The first-order valence-electron chi connectivity index (χ1n) is 5.51. The SMILES string of the molecule is CN(CC1(O)CCCC1)C(=O)C(C)(C)N. The van der Waals surface area contributed by atoms with Crippen molar-refractivity contribution in [1.82, 2.24) is 4.90 Å². The molecule has 0 aromatic carbocycles. The van der Waals surface area contributed by atoms with E-state index in [4.69, 9.17) is 5.73 Å². The standard InChI is InChI=1S/C11H22N2O2/c1-10(2,12)9(14)13(3)8-11(15)6-4-5-7-11/h15H,4-8,12H2,1-3H3. The average Bonchev–Trinajstić information content (AvgIpc) is 2.48. The predicted octanol–water partition coefficient (Wildman–Crippen LogP) is 0.487. The van der Waals surface area contributed by atoms with Crippen LogP contribution >= 0.6 is 0 Å². The number of carbonyl (C=O) groups is 1. The third-order valence-electron chi connectivity index (χ3n) is 2.96. The summed E-state index contributed by atoms with van der Waals surface area (Å²) in [7, 11) is 1.70.